The second-order valence-corrected chi connectivity index (χ2v) is 11.0. The van der Waals surface area contributed by atoms with Crippen molar-refractivity contribution in [3.05, 3.63) is 83.9 Å². The molecule has 0 aromatic heterocycles. The van der Waals surface area contributed by atoms with Gasteiger partial charge in [-0.25, -0.2) is 0 Å². The SMILES string of the molecule is CCCCCC1CCC(CCc2ccc(-c3ccc(-c4ccc(CCCC)cc4)cc3)cc2)CC1. The second kappa shape index (κ2) is 13.7. The summed E-state index contributed by atoms with van der Waals surface area (Å²) in [7, 11) is 0. The zero-order chi connectivity index (χ0) is 24.3. The first-order chi connectivity index (χ1) is 17.2. The van der Waals surface area contributed by atoms with Crippen LogP contribution in [0.25, 0.3) is 22.3 Å². The maximum atomic E-state index is 2.36. The normalized spacial score (nSPS) is 18.0. The predicted molar refractivity (Wildman–Crippen MR) is 154 cm³/mol. The number of rotatable bonds is 12. The standard InChI is InChI=1S/C35H46/c1-3-5-7-9-29-10-12-30(13-11-29)14-15-31-18-22-33(23-19-31)35-26-24-34(25-27-35)32-20-16-28(17-21-32)8-6-4-2/h16-27,29-30H,3-15H2,1-2H3. The minimum atomic E-state index is 0.949. The van der Waals surface area contributed by atoms with Crippen LogP contribution in [-0.2, 0) is 12.8 Å². The molecule has 1 fully saturated rings. The van der Waals surface area contributed by atoms with Crippen molar-refractivity contribution < 1.29 is 0 Å². The van der Waals surface area contributed by atoms with Gasteiger partial charge in [0.2, 0.25) is 0 Å². The fourth-order valence-corrected chi connectivity index (χ4v) is 5.83. The summed E-state index contributed by atoms with van der Waals surface area (Å²) in [6.07, 6.45) is 17.9. The summed E-state index contributed by atoms with van der Waals surface area (Å²) < 4.78 is 0. The van der Waals surface area contributed by atoms with Gasteiger partial charge in [0.05, 0.1) is 0 Å². The quantitative estimate of drug-likeness (QED) is 0.233. The van der Waals surface area contributed by atoms with Crippen LogP contribution in [0.1, 0.15) is 95.6 Å². The lowest BCUT2D eigenvalue weighted by molar-refractivity contribution is 0.249. The van der Waals surface area contributed by atoms with Gasteiger partial charge in [-0.2, -0.15) is 0 Å². The predicted octanol–water partition coefficient (Wildman–Crippen LogP) is 10.7. The zero-order valence-electron chi connectivity index (χ0n) is 22.3. The van der Waals surface area contributed by atoms with Gasteiger partial charge >= 0.3 is 0 Å². The molecule has 1 aliphatic rings. The Hall–Kier alpha value is -2.34. The molecule has 3 aromatic carbocycles. The van der Waals surface area contributed by atoms with Crippen LogP contribution < -0.4 is 0 Å². The minimum Gasteiger partial charge on any atom is -0.0654 e. The monoisotopic (exact) mass is 466 g/mol. The van der Waals surface area contributed by atoms with Crippen molar-refractivity contribution in [1.29, 1.82) is 0 Å². The molecular formula is C35H46. The molecule has 0 amide bonds. The Morgan fingerprint density at radius 2 is 0.857 bits per heavy atom. The summed E-state index contributed by atoms with van der Waals surface area (Å²) in [5.74, 6) is 1.97. The average molecular weight is 467 g/mol. The van der Waals surface area contributed by atoms with Gasteiger partial charge in [-0.15, -0.1) is 0 Å². The Balaban J connectivity index is 1.25. The molecule has 0 N–H and O–H groups in total. The van der Waals surface area contributed by atoms with Crippen LogP contribution in [0.2, 0.25) is 0 Å². The number of aryl methyl sites for hydroxylation is 2. The lowest BCUT2D eigenvalue weighted by Gasteiger charge is -2.28. The molecule has 0 radical (unpaired) electrons. The molecule has 4 rings (SSSR count). The maximum absolute atomic E-state index is 2.36. The van der Waals surface area contributed by atoms with Crippen LogP contribution in [-0.4, -0.2) is 0 Å². The van der Waals surface area contributed by atoms with Crippen molar-refractivity contribution in [2.75, 3.05) is 0 Å². The molecule has 3 aromatic rings. The maximum Gasteiger partial charge on any atom is -0.0184 e. The van der Waals surface area contributed by atoms with E-state index in [-0.39, 0.29) is 0 Å². The summed E-state index contributed by atoms with van der Waals surface area (Å²) >= 11 is 0. The smallest absolute Gasteiger partial charge is 0.0184 e. The van der Waals surface area contributed by atoms with Gasteiger partial charge in [0.15, 0.2) is 0 Å². The highest BCUT2D eigenvalue weighted by Crippen LogP contribution is 2.34. The topological polar surface area (TPSA) is 0 Å². The van der Waals surface area contributed by atoms with Gasteiger partial charge in [0.1, 0.15) is 0 Å². The molecule has 0 heteroatoms. The largest absolute Gasteiger partial charge is 0.0654 e. The average Bonchev–Trinajstić information content (AvgIpc) is 2.92. The first-order valence-corrected chi connectivity index (χ1v) is 14.5. The van der Waals surface area contributed by atoms with Crippen LogP contribution in [0, 0.1) is 11.8 Å². The molecular weight excluding hydrogens is 420 g/mol. The van der Waals surface area contributed by atoms with Crippen LogP contribution in [0.5, 0.6) is 0 Å². The number of benzene rings is 3. The number of hydrogen-bond donors (Lipinski definition) is 0. The van der Waals surface area contributed by atoms with Gasteiger partial charge in [0.25, 0.3) is 0 Å². The first-order valence-electron chi connectivity index (χ1n) is 14.5. The van der Waals surface area contributed by atoms with Gasteiger partial charge in [-0.05, 0) is 70.9 Å². The third-order valence-corrected chi connectivity index (χ3v) is 8.30. The van der Waals surface area contributed by atoms with Crippen molar-refractivity contribution in [1.82, 2.24) is 0 Å². The highest BCUT2D eigenvalue weighted by Gasteiger charge is 2.20. The van der Waals surface area contributed by atoms with Crippen molar-refractivity contribution in [2.45, 2.75) is 97.3 Å². The van der Waals surface area contributed by atoms with Crippen LogP contribution in [0.3, 0.4) is 0 Å². The van der Waals surface area contributed by atoms with E-state index < -0.39 is 0 Å². The highest BCUT2D eigenvalue weighted by molar-refractivity contribution is 5.70. The van der Waals surface area contributed by atoms with E-state index in [1.54, 1.807) is 0 Å². The third kappa shape index (κ3) is 7.83. The van der Waals surface area contributed by atoms with E-state index >= 15 is 0 Å². The highest BCUT2D eigenvalue weighted by atomic mass is 14.3. The minimum absolute atomic E-state index is 0.949. The van der Waals surface area contributed by atoms with E-state index in [1.807, 2.05) is 0 Å². The van der Waals surface area contributed by atoms with E-state index in [1.165, 1.54) is 117 Å². The molecule has 0 bridgehead atoms. The zero-order valence-corrected chi connectivity index (χ0v) is 22.3. The van der Waals surface area contributed by atoms with Crippen LogP contribution >= 0.6 is 0 Å². The Morgan fingerprint density at radius 3 is 1.31 bits per heavy atom. The molecule has 0 unspecified atom stereocenters. The fourth-order valence-electron chi connectivity index (χ4n) is 5.83. The molecule has 0 saturated heterocycles. The van der Waals surface area contributed by atoms with Gasteiger partial charge in [-0.1, -0.05) is 144 Å². The fraction of sp³-hybridized carbons (Fsp3) is 0.486. The van der Waals surface area contributed by atoms with E-state index in [0.717, 1.165) is 11.8 Å². The Kier molecular flexibility index (Phi) is 10.1. The summed E-state index contributed by atoms with van der Waals surface area (Å²) in [4.78, 5) is 0. The Bertz CT molecular complexity index is 970. The molecule has 0 aliphatic heterocycles. The molecule has 1 aliphatic carbocycles. The van der Waals surface area contributed by atoms with E-state index in [9.17, 15) is 0 Å². The van der Waals surface area contributed by atoms with Crippen LogP contribution in [0.15, 0.2) is 72.8 Å². The Morgan fingerprint density at radius 1 is 0.457 bits per heavy atom. The molecule has 0 atom stereocenters. The molecule has 35 heavy (non-hydrogen) atoms. The number of unbranched alkanes of at least 4 members (excludes halogenated alkanes) is 3. The third-order valence-electron chi connectivity index (χ3n) is 8.30. The lowest BCUT2D eigenvalue weighted by atomic mass is 9.78. The van der Waals surface area contributed by atoms with E-state index in [4.69, 9.17) is 0 Å². The van der Waals surface area contributed by atoms with E-state index in [0.29, 0.717) is 0 Å². The van der Waals surface area contributed by atoms with Crippen molar-refractivity contribution in [3.8, 4) is 22.3 Å². The molecule has 1 saturated carbocycles. The van der Waals surface area contributed by atoms with Gasteiger partial charge < -0.3 is 0 Å². The van der Waals surface area contributed by atoms with Crippen molar-refractivity contribution in [3.63, 3.8) is 0 Å². The molecule has 0 heterocycles. The summed E-state index contributed by atoms with van der Waals surface area (Å²) in [5, 5.41) is 0. The second-order valence-electron chi connectivity index (χ2n) is 11.0. The van der Waals surface area contributed by atoms with Crippen molar-refractivity contribution >= 4 is 0 Å². The van der Waals surface area contributed by atoms with Gasteiger partial charge in [-0.3, -0.25) is 0 Å². The first kappa shape index (κ1) is 25.7. The number of hydrogen-bond acceptors (Lipinski definition) is 0. The summed E-state index contributed by atoms with van der Waals surface area (Å²) in [6, 6.07) is 27.5. The summed E-state index contributed by atoms with van der Waals surface area (Å²) in [6.45, 7) is 4.57. The van der Waals surface area contributed by atoms with Gasteiger partial charge in [0, 0.05) is 0 Å². The lowest BCUT2D eigenvalue weighted by Crippen LogP contribution is -2.15. The molecule has 0 spiro atoms. The summed E-state index contributed by atoms with van der Waals surface area (Å²) in [5.41, 5.74) is 8.18. The molecule has 0 nitrogen and oxygen atoms in total. The van der Waals surface area contributed by atoms with Crippen molar-refractivity contribution in [2.24, 2.45) is 11.8 Å². The van der Waals surface area contributed by atoms with E-state index in [2.05, 4.69) is 86.6 Å². The molecule has 186 valence electrons. The van der Waals surface area contributed by atoms with Crippen LogP contribution in [0.4, 0.5) is 0 Å². The Labute approximate surface area is 215 Å².